The van der Waals surface area contributed by atoms with E-state index in [0.717, 1.165) is 25.7 Å². The van der Waals surface area contributed by atoms with E-state index in [1.54, 1.807) is 0 Å². The summed E-state index contributed by atoms with van der Waals surface area (Å²) in [4.78, 5) is 22.6. The van der Waals surface area contributed by atoms with Gasteiger partial charge < -0.3 is 5.73 Å². The summed E-state index contributed by atoms with van der Waals surface area (Å²) in [7, 11) is 0. The van der Waals surface area contributed by atoms with E-state index in [1.165, 1.54) is 51.2 Å². The van der Waals surface area contributed by atoms with Gasteiger partial charge in [0, 0.05) is 5.92 Å². The third-order valence-electron chi connectivity index (χ3n) is 3.87. The first-order valence-electron chi connectivity index (χ1n) is 7.82. The van der Waals surface area contributed by atoms with E-state index in [4.69, 9.17) is 5.73 Å². The van der Waals surface area contributed by atoms with Crippen LogP contribution in [-0.4, -0.2) is 18.0 Å². The zero-order valence-corrected chi connectivity index (χ0v) is 12.3. The van der Waals surface area contributed by atoms with Crippen LogP contribution in [0.5, 0.6) is 0 Å². The number of rotatable bonds is 3. The van der Waals surface area contributed by atoms with E-state index in [-0.39, 0.29) is 11.7 Å². The lowest BCUT2D eigenvalue weighted by Crippen LogP contribution is -2.26. The van der Waals surface area contributed by atoms with Crippen LogP contribution in [0, 0.1) is 5.92 Å². The Labute approximate surface area is 121 Å². The van der Waals surface area contributed by atoms with Crippen molar-refractivity contribution in [3.63, 3.8) is 0 Å². The second kappa shape index (κ2) is 10.4. The van der Waals surface area contributed by atoms with Gasteiger partial charge in [-0.05, 0) is 12.8 Å². The summed E-state index contributed by atoms with van der Waals surface area (Å²) in [5.41, 5.74) is 6.97. The lowest BCUT2D eigenvalue weighted by Gasteiger charge is -2.14. The fraction of sp³-hybridized carbons (Fsp3) is 0.800. The van der Waals surface area contributed by atoms with Crippen molar-refractivity contribution < 1.29 is 9.59 Å². The molecule has 0 unspecified atom stereocenters. The molecule has 1 saturated carbocycles. The van der Waals surface area contributed by atoms with E-state index < -0.39 is 6.03 Å². The number of nitrogens with zero attached hydrogens (tertiary/aromatic N) is 1. The van der Waals surface area contributed by atoms with Crippen LogP contribution in [0.3, 0.4) is 0 Å². The van der Waals surface area contributed by atoms with Crippen LogP contribution in [0.25, 0.3) is 0 Å². The number of carbonyl (C=O) groups excluding carboxylic acids is 2. The standard InChI is InChI=1S/C15H27N3O2/c16-15(20)18-17-12-14(19)13-10-8-6-4-2-1-3-5-7-9-11-13/h12-13H,1-11H2,(H3,16,18,20)/b17-12+. The fourth-order valence-corrected chi connectivity index (χ4v) is 2.71. The second-order valence-electron chi connectivity index (χ2n) is 5.59. The van der Waals surface area contributed by atoms with Gasteiger partial charge in [-0.1, -0.05) is 57.8 Å². The molecule has 1 fully saturated rings. The highest BCUT2D eigenvalue weighted by molar-refractivity contribution is 6.28. The molecule has 20 heavy (non-hydrogen) atoms. The summed E-state index contributed by atoms with van der Waals surface area (Å²) >= 11 is 0. The molecule has 0 bridgehead atoms. The molecular formula is C15H27N3O2. The van der Waals surface area contributed by atoms with Crippen molar-refractivity contribution in [2.24, 2.45) is 16.8 Å². The summed E-state index contributed by atoms with van der Waals surface area (Å²) < 4.78 is 0. The monoisotopic (exact) mass is 281 g/mol. The molecule has 0 aliphatic heterocycles. The molecule has 0 atom stereocenters. The third-order valence-corrected chi connectivity index (χ3v) is 3.87. The number of Topliss-reactive ketones (excluding diaryl/α,β-unsaturated/α-hetero) is 1. The molecule has 0 saturated heterocycles. The van der Waals surface area contributed by atoms with Gasteiger partial charge in [0.15, 0.2) is 5.78 Å². The number of amides is 2. The van der Waals surface area contributed by atoms with Gasteiger partial charge in [-0.25, -0.2) is 10.2 Å². The largest absolute Gasteiger partial charge is 0.350 e. The minimum atomic E-state index is -0.743. The van der Waals surface area contributed by atoms with Crippen molar-refractivity contribution in [1.82, 2.24) is 5.43 Å². The smallest absolute Gasteiger partial charge is 0.332 e. The van der Waals surface area contributed by atoms with Gasteiger partial charge in [-0.15, -0.1) is 0 Å². The molecule has 0 heterocycles. The second-order valence-corrected chi connectivity index (χ2v) is 5.59. The molecule has 3 N–H and O–H groups in total. The number of hydrazone groups is 1. The zero-order valence-electron chi connectivity index (χ0n) is 12.3. The van der Waals surface area contributed by atoms with Gasteiger partial charge in [0.25, 0.3) is 0 Å². The number of hydrogen-bond donors (Lipinski definition) is 2. The van der Waals surface area contributed by atoms with Gasteiger partial charge in [0.05, 0.1) is 6.21 Å². The van der Waals surface area contributed by atoms with Crippen molar-refractivity contribution in [1.29, 1.82) is 0 Å². The molecular weight excluding hydrogens is 254 g/mol. The van der Waals surface area contributed by atoms with Crippen molar-refractivity contribution >= 4 is 18.0 Å². The Kier molecular flexibility index (Phi) is 8.67. The first kappa shape index (κ1) is 16.7. The van der Waals surface area contributed by atoms with Crippen molar-refractivity contribution in [3.05, 3.63) is 0 Å². The normalized spacial score (nSPS) is 20.0. The molecule has 1 rings (SSSR count). The van der Waals surface area contributed by atoms with Crippen LogP contribution in [0.2, 0.25) is 0 Å². The van der Waals surface area contributed by atoms with Gasteiger partial charge in [0.2, 0.25) is 0 Å². The summed E-state index contributed by atoms with van der Waals surface area (Å²) in [6, 6.07) is -0.743. The van der Waals surface area contributed by atoms with Gasteiger partial charge in [0.1, 0.15) is 0 Å². The molecule has 0 radical (unpaired) electrons. The predicted octanol–water partition coefficient (Wildman–Crippen LogP) is 3.13. The van der Waals surface area contributed by atoms with E-state index in [0.29, 0.717) is 0 Å². The molecule has 0 aromatic heterocycles. The fourth-order valence-electron chi connectivity index (χ4n) is 2.71. The van der Waals surface area contributed by atoms with Gasteiger partial charge in [-0.3, -0.25) is 4.79 Å². The van der Waals surface area contributed by atoms with Crippen LogP contribution in [0.1, 0.15) is 70.6 Å². The average molecular weight is 281 g/mol. The Bertz CT molecular complexity index is 317. The number of hydrogen-bond acceptors (Lipinski definition) is 3. The average Bonchev–Trinajstić information content (AvgIpc) is 2.38. The molecule has 5 heteroatoms. The third kappa shape index (κ3) is 7.92. The molecule has 0 spiro atoms. The highest BCUT2D eigenvalue weighted by atomic mass is 16.2. The molecule has 1 aliphatic carbocycles. The lowest BCUT2D eigenvalue weighted by atomic mass is 9.90. The first-order valence-corrected chi connectivity index (χ1v) is 7.82. The van der Waals surface area contributed by atoms with Gasteiger partial charge >= 0.3 is 6.03 Å². The van der Waals surface area contributed by atoms with E-state index in [9.17, 15) is 9.59 Å². The van der Waals surface area contributed by atoms with Crippen molar-refractivity contribution in [3.8, 4) is 0 Å². The van der Waals surface area contributed by atoms with E-state index in [2.05, 4.69) is 10.5 Å². The number of carbonyl (C=O) groups is 2. The number of primary amides is 1. The Morgan fingerprint density at radius 2 is 1.35 bits per heavy atom. The number of urea groups is 1. The maximum atomic E-state index is 12.1. The van der Waals surface area contributed by atoms with Crippen LogP contribution in [-0.2, 0) is 4.79 Å². The molecule has 0 aromatic carbocycles. The summed E-state index contributed by atoms with van der Waals surface area (Å²) in [5.74, 6) is 0.0589. The molecule has 1 aliphatic rings. The predicted molar refractivity (Wildman–Crippen MR) is 80.5 cm³/mol. The highest BCUT2D eigenvalue weighted by Crippen LogP contribution is 2.21. The number of nitrogens with two attached hydrogens (primary N) is 1. The number of ketones is 1. The van der Waals surface area contributed by atoms with Gasteiger partial charge in [-0.2, -0.15) is 5.10 Å². The SMILES string of the molecule is NC(=O)N/N=C/C(=O)C1CCCCCCCCCCC1. The lowest BCUT2D eigenvalue weighted by molar-refractivity contribution is -0.116. The minimum Gasteiger partial charge on any atom is -0.350 e. The number of nitrogens with one attached hydrogen (secondary N) is 1. The molecule has 5 nitrogen and oxygen atoms in total. The van der Waals surface area contributed by atoms with Crippen molar-refractivity contribution in [2.45, 2.75) is 70.6 Å². The Morgan fingerprint density at radius 1 is 0.900 bits per heavy atom. The maximum absolute atomic E-state index is 12.1. The summed E-state index contributed by atoms with van der Waals surface area (Å²) in [6.45, 7) is 0. The first-order chi connectivity index (χ1) is 9.70. The molecule has 114 valence electrons. The summed E-state index contributed by atoms with van der Waals surface area (Å²) in [6.07, 6.45) is 14.3. The summed E-state index contributed by atoms with van der Waals surface area (Å²) in [5, 5.41) is 3.58. The maximum Gasteiger partial charge on any atom is 0.332 e. The minimum absolute atomic E-state index is 0.0100. The van der Waals surface area contributed by atoms with E-state index in [1.807, 2.05) is 0 Å². The zero-order chi connectivity index (χ0) is 14.6. The highest BCUT2D eigenvalue weighted by Gasteiger charge is 2.16. The van der Waals surface area contributed by atoms with Crippen molar-refractivity contribution in [2.75, 3.05) is 0 Å². The molecule has 2 amide bonds. The van der Waals surface area contributed by atoms with Crippen LogP contribution in [0.15, 0.2) is 5.10 Å². The van der Waals surface area contributed by atoms with Crippen LogP contribution in [0.4, 0.5) is 4.79 Å². The van der Waals surface area contributed by atoms with Crippen LogP contribution >= 0.6 is 0 Å². The Balaban J connectivity index is 2.42. The van der Waals surface area contributed by atoms with E-state index >= 15 is 0 Å². The molecule has 0 aromatic rings. The Morgan fingerprint density at radius 3 is 1.80 bits per heavy atom. The topological polar surface area (TPSA) is 84.6 Å². The van der Waals surface area contributed by atoms with Crippen LogP contribution < -0.4 is 11.2 Å². The quantitative estimate of drug-likeness (QED) is 0.615. The Hall–Kier alpha value is -1.39.